The van der Waals surface area contributed by atoms with Gasteiger partial charge in [0.15, 0.2) is 0 Å². The predicted octanol–water partition coefficient (Wildman–Crippen LogP) is 9.29. The molecule has 5 aliphatic carbocycles. The number of nitriles is 1. The highest BCUT2D eigenvalue weighted by atomic mass is 16.5. The number of rotatable bonds is 10. The number of carbonyl (C=O) groups excluding carboxylic acids is 2. The van der Waals surface area contributed by atoms with Crippen molar-refractivity contribution in [1.29, 1.82) is 5.26 Å². The molecule has 0 heterocycles. The second-order valence-corrected chi connectivity index (χ2v) is 18.9. The van der Waals surface area contributed by atoms with Crippen LogP contribution in [0.15, 0.2) is 12.2 Å². The molecule has 5 aliphatic rings. The van der Waals surface area contributed by atoms with Crippen LogP contribution in [0, 0.1) is 73.4 Å². The van der Waals surface area contributed by atoms with Crippen LogP contribution in [-0.4, -0.2) is 35.7 Å². The number of carbonyl (C=O) groups is 3. The van der Waals surface area contributed by atoms with Gasteiger partial charge in [-0.05, 0) is 143 Å². The molecule has 0 aromatic rings. The van der Waals surface area contributed by atoms with E-state index >= 15 is 0 Å². The Morgan fingerprint density at radius 1 is 0.896 bits per heavy atom. The van der Waals surface area contributed by atoms with Gasteiger partial charge in [0.2, 0.25) is 0 Å². The van der Waals surface area contributed by atoms with E-state index in [4.69, 9.17) is 14.7 Å². The Labute approximate surface area is 290 Å². The molecule has 0 bridgehead atoms. The standard InChI is InChI=1S/C41H63NO6/c1-26(2)27-13-19-41(20-16-32(43)47-24-10-23-42)22-21-39(8)28(34(27)41)11-12-30-38(7)17-15-31(48-33(44)25-36(3,4)35(45)46)37(5,6)29(38)14-18-40(30,39)9/h27-31,34H,1,10-22,24-25H2,2-9H3,(H,45,46)/t27-,28+,29-,30+,31-,34+,38-,39+,40+,41-/m0/s1. The number of ether oxygens (including phenoxy) is 2. The highest BCUT2D eigenvalue weighted by Crippen LogP contribution is 2.78. The van der Waals surface area contributed by atoms with Crippen molar-refractivity contribution in [2.45, 2.75) is 151 Å². The third kappa shape index (κ3) is 5.83. The fourth-order valence-electron chi connectivity index (χ4n) is 13.2. The maximum atomic E-state index is 13.0. The van der Waals surface area contributed by atoms with E-state index in [1.54, 1.807) is 13.8 Å². The maximum absolute atomic E-state index is 13.0. The molecule has 5 saturated carbocycles. The predicted molar refractivity (Wildman–Crippen MR) is 185 cm³/mol. The number of aliphatic carboxylic acids is 1. The summed E-state index contributed by atoms with van der Waals surface area (Å²) >= 11 is 0. The van der Waals surface area contributed by atoms with Gasteiger partial charge in [-0.1, -0.05) is 46.8 Å². The first-order chi connectivity index (χ1) is 22.3. The Morgan fingerprint density at radius 3 is 2.25 bits per heavy atom. The van der Waals surface area contributed by atoms with E-state index in [-0.39, 0.29) is 58.6 Å². The van der Waals surface area contributed by atoms with E-state index in [2.05, 4.69) is 54.2 Å². The molecule has 48 heavy (non-hydrogen) atoms. The zero-order chi connectivity index (χ0) is 35.5. The van der Waals surface area contributed by atoms with Crippen LogP contribution in [0.2, 0.25) is 0 Å². The summed E-state index contributed by atoms with van der Waals surface area (Å²) in [5.41, 5.74) is 0.620. The van der Waals surface area contributed by atoms with Crippen LogP contribution in [0.25, 0.3) is 0 Å². The number of carboxylic acids is 1. The molecule has 7 nitrogen and oxygen atoms in total. The van der Waals surface area contributed by atoms with Gasteiger partial charge in [-0.2, -0.15) is 5.26 Å². The second kappa shape index (κ2) is 12.8. The van der Waals surface area contributed by atoms with Gasteiger partial charge in [0, 0.05) is 11.8 Å². The molecule has 5 rings (SSSR count). The lowest BCUT2D eigenvalue weighted by atomic mass is 9.32. The normalized spacial score (nSPS) is 41.4. The van der Waals surface area contributed by atoms with Gasteiger partial charge in [0.25, 0.3) is 0 Å². The summed E-state index contributed by atoms with van der Waals surface area (Å²) in [5, 5.41) is 18.4. The molecule has 0 unspecified atom stereocenters. The average molecular weight is 666 g/mol. The first-order valence-electron chi connectivity index (χ1n) is 18.9. The minimum Gasteiger partial charge on any atom is -0.481 e. The SMILES string of the molecule is C=C(C)[C@@H]1CC[C@]2(CCC(=O)OCCC#N)CC[C@]3(C)[C@H](CC[C@@H]4[C@@]5(C)CC[C@H](OC(=O)CC(C)(C)C(=O)O)C(C)(C)[C@@H]5CC[C@]43C)[C@@H]12. The van der Waals surface area contributed by atoms with Gasteiger partial charge < -0.3 is 14.6 Å². The number of allylic oxidation sites excluding steroid dienone is 1. The molecule has 0 spiro atoms. The zero-order valence-electron chi connectivity index (χ0n) is 31.2. The van der Waals surface area contributed by atoms with Crippen molar-refractivity contribution in [3.05, 3.63) is 12.2 Å². The second-order valence-electron chi connectivity index (χ2n) is 18.9. The molecular weight excluding hydrogens is 602 g/mol. The van der Waals surface area contributed by atoms with Crippen LogP contribution >= 0.6 is 0 Å². The van der Waals surface area contributed by atoms with E-state index < -0.39 is 17.4 Å². The summed E-state index contributed by atoms with van der Waals surface area (Å²) in [6.07, 6.45) is 12.4. The summed E-state index contributed by atoms with van der Waals surface area (Å²) in [5.74, 6) is 1.08. The van der Waals surface area contributed by atoms with Crippen molar-refractivity contribution in [3.63, 3.8) is 0 Å². The maximum Gasteiger partial charge on any atom is 0.309 e. The minimum atomic E-state index is -1.15. The molecular formula is C41H63NO6. The highest BCUT2D eigenvalue weighted by Gasteiger charge is 2.71. The van der Waals surface area contributed by atoms with Crippen LogP contribution in [0.1, 0.15) is 145 Å². The smallest absolute Gasteiger partial charge is 0.309 e. The van der Waals surface area contributed by atoms with Gasteiger partial charge in [-0.25, -0.2) is 0 Å². The fraction of sp³-hybridized carbons (Fsp3) is 0.854. The Morgan fingerprint density at radius 2 is 1.60 bits per heavy atom. The van der Waals surface area contributed by atoms with Gasteiger partial charge in [-0.15, -0.1) is 0 Å². The van der Waals surface area contributed by atoms with Crippen LogP contribution in [-0.2, 0) is 23.9 Å². The van der Waals surface area contributed by atoms with E-state index in [0.29, 0.717) is 36.0 Å². The minimum absolute atomic E-state index is 0.118. The van der Waals surface area contributed by atoms with E-state index in [9.17, 15) is 19.5 Å². The van der Waals surface area contributed by atoms with Crippen molar-refractivity contribution < 1.29 is 29.0 Å². The summed E-state index contributed by atoms with van der Waals surface area (Å²) in [6, 6.07) is 2.06. The van der Waals surface area contributed by atoms with Crippen molar-refractivity contribution in [1.82, 2.24) is 0 Å². The van der Waals surface area contributed by atoms with E-state index in [1.165, 1.54) is 31.3 Å². The largest absolute Gasteiger partial charge is 0.481 e. The summed E-state index contributed by atoms with van der Waals surface area (Å²) in [6.45, 7) is 22.5. The zero-order valence-corrected chi connectivity index (χ0v) is 31.2. The van der Waals surface area contributed by atoms with Gasteiger partial charge in [0.05, 0.1) is 24.3 Å². The first kappa shape index (κ1) is 36.9. The van der Waals surface area contributed by atoms with Gasteiger partial charge >= 0.3 is 17.9 Å². The van der Waals surface area contributed by atoms with E-state index in [0.717, 1.165) is 44.9 Å². The van der Waals surface area contributed by atoms with Crippen LogP contribution < -0.4 is 0 Å². The molecule has 7 heteroatoms. The molecule has 1 N–H and O–H groups in total. The first-order valence-corrected chi connectivity index (χ1v) is 18.9. The Balaban J connectivity index is 1.37. The third-order valence-electron chi connectivity index (χ3n) is 15.9. The van der Waals surface area contributed by atoms with Gasteiger partial charge in [-0.3, -0.25) is 14.4 Å². The lowest BCUT2D eigenvalue weighted by Crippen LogP contribution is -2.66. The number of hydrogen-bond acceptors (Lipinski definition) is 6. The fourth-order valence-corrected chi connectivity index (χ4v) is 13.2. The summed E-state index contributed by atoms with van der Waals surface area (Å²) in [7, 11) is 0. The van der Waals surface area contributed by atoms with Gasteiger partial charge in [0.1, 0.15) is 12.7 Å². The van der Waals surface area contributed by atoms with Crippen molar-refractivity contribution >= 4 is 17.9 Å². The number of hydrogen-bond donors (Lipinski definition) is 1. The number of nitrogens with zero attached hydrogens (tertiary/aromatic N) is 1. The molecule has 0 saturated heterocycles. The lowest BCUT2D eigenvalue weighted by molar-refractivity contribution is -0.250. The highest BCUT2D eigenvalue weighted by molar-refractivity contribution is 5.81. The lowest BCUT2D eigenvalue weighted by Gasteiger charge is -2.73. The third-order valence-corrected chi connectivity index (χ3v) is 15.9. The van der Waals surface area contributed by atoms with Crippen molar-refractivity contribution in [3.8, 4) is 6.07 Å². The summed E-state index contributed by atoms with van der Waals surface area (Å²) < 4.78 is 11.6. The molecule has 0 radical (unpaired) electrons. The van der Waals surface area contributed by atoms with Crippen molar-refractivity contribution in [2.75, 3.05) is 6.61 Å². The average Bonchev–Trinajstić information content (AvgIpc) is 3.38. The monoisotopic (exact) mass is 665 g/mol. The molecule has 10 atom stereocenters. The van der Waals surface area contributed by atoms with Crippen LogP contribution in [0.3, 0.4) is 0 Å². The number of fused-ring (bicyclic) bond motifs is 7. The van der Waals surface area contributed by atoms with Crippen LogP contribution in [0.5, 0.6) is 0 Å². The van der Waals surface area contributed by atoms with Crippen molar-refractivity contribution in [2.24, 2.45) is 62.1 Å². The number of esters is 2. The van der Waals surface area contributed by atoms with Crippen LogP contribution in [0.4, 0.5) is 0 Å². The molecule has 268 valence electrons. The Kier molecular flexibility index (Phi) is 9.81. The molecule has 0 amide bonds. The molecule has 5 fully saturated rings. The Bertz CT molecular complexity index is 1340. The molecule has 0 aliphatic heterocycles. The molecule has 0 aromatic carbocycles. The molecule has 0 aromatic heterocycles. The van der Waals surface area contributed by atoms with E-state index in [1.807, 2.05) is 0 Å². The topological polar surface area (TPSA) is 114 Å². The number of carboxylic acid groups (broad SMARTS) is 1. The summed E-state index contributed by atoms with van der Waals surface area (Å²) in [4.78, 5) is 37.5. The quantitative estimate of drug-likeness (QED) is 0.141. The Hall–Kier alpha value is -2.36.